The standard InChI is InChI=1S/C15H20N2O4/c1-9-7-17(8-15(3,4)21-9)13(18)12-6-5-11(14(19)20)10(2)16-12/h5-6,9H,7-8H2,1-4H3,(H,19,20). The molecule has 1 aliphatic heterocycles. The molecule has 1 N–H and O–H groups in total. The lowest BCUT2D eigenvalue weighted by atomic mass is 10.0. The Morgan fingerprint density at radius 1 is 1.43 bits per heavy atom. The second-order valence-corrected chi connectivity index (χ2v) is 6.01. The molecule has 2 rings (SSSR count). The predicted molar refractivity (Wildman–Crippen MR) is 76.5 cm³/mol. The lowest BCUT2D eigenvalue weighted by Crippen LogP contribution is -2.53. The van der Waals surface area contributed by atoms with Crippen molar-refractivity contribution in [3.8, 4) is 0 Å². The monoisotopic (exact) mass is 292 g/mol. The number of hydrogen-bond donors (Lipinski definition) is 1. The van der Waals surface area contributed by atoms with E-state index >= 15 is 0 Å². The second-order valence-electron chi connectivity index (χ2n) is 6.01. The van der Waals surface area contributed by atoms with Crippen LogP contribution in [0.25, 0.3) is 0 Å². The Bertz CT molecular complexity index is 583. The molecular formula is C15H20N2O4. The zero-order chi connectivity index (χ0) is 15.8. The van der Waals surface area contributed by atoms with Crippen molar-refractivity contribution in [3.63, 3.8) is 0 Å². The summed E-state index contributed by atoms with van der Waals surface area (Å²) in [7, 11) is 0. The van der Waals surface area contributed by atoms with Gasteiger partial charge in [-0.15, -0.1) is 0 Å². The molecule has 1 atom stereocenters. The number of carbonyl (C=O) groups excluding carboxylic acids is 1. The Kier molecular flexibility index (Phi) is 4.00. The van der Waals surface area contributed by atoms with Crippen LogP contribution in [0.4, 0.5) is 0 Å². The Morgan fingerprint density at radius 2 is 2.10 bits per heavy atom. The Balaban J connectivity index is 2.24. The number of carbonyl (C=O) groups is 2. The summed E-state index contributed by atoms with van der Waals surface area (Å²) in [5, 5.41) is 9.00. The predicted octanol–water partition coefficient (Wildman–Crippen LogP) is 1.73. The molecule has 0 aromatic carbocycles. The van der Waals surface area contributed by atoms with Crippen molar-refractivity contribution in [2.45, 2.75) is 39.4 Å². The van der Waals surface area contributed by atoms with Gasteiger partial charge in [0.05, 0.1) is 23.0 Å². The zero-order valence-electron chi connectivity index (χ0n) is 12.7. The fraction of sp³-hybridized carbons (Fsp3) is 0.533. The highest BCUT2D eigenvalue weighted by atomic mass is 16.5. The topological polar surface area (TPSA) is 79.7 Å². The molecule has 2 heterocycles. The molecule has 1 amide bonds. The fourth-order valence-electron chi connectivity index (χ4n) is 2.68. The summed E-state index contributed by atoms with van der Waals surface area (Å²) < 4.78 is 5.77. The molecule has 1 fully saturated rings. The van der Waals surface area contributed by atoms with E-state index in [9.17, 15) is 9.59 Å². The molecule has 1 aliphatic rings. The number of carboxylic acid groups (broad SMARTS) is 1. The maximum absolute atomic E-state index is 12.5. The number of aryl methyl sites for hydroxylation is 1. The molecule has 21 heavy (non-hydrogen) atoms. The molecule has 1 unspecified atom stereocenters. The van der Waals surface area contributed by atoms with Crippen molar-refractivity contribution in [1.82, 2.24) is 9.88 Å². The van der Waals surface area contributed by atoms with Gasteiger partial charge in [0.15, 0.2) is 0 Å². The van der Waals surface area contributed by atoms with Crippen LogP contribution in [0.15, 0.2) is 12.1 Å². The van der Waals surface area contributed by atoms with Crippen LogP contribution in [0.1, 0.15) is 47.3 Å². The Hall–Kier alpha value is -1.95. The van der Waals surface area contributed by atoms with Gasteiger partial charge in [-0.25, -0.2) is 9.78 Å². The Morgan fingerprint density at radius 3 is 2.62 bits per heavy atom. The number of pyridine rings is 1. The highest BCUT2D eigenvalue weighted by molar-refractivity contribution is 5.94. The maximum atomic E-state index is 12.5. The minimum Gasteiger partial charge on any atom is -0.478 e. The SMILES string of the molecule is Cc1nc(C(=O)N2CC(C)OC(C)(C)C2)ccc1C(=O)O. The van der Waals surface area contributed by atoms with Gasteiger partial charge in [-0.3, -0.25) is 4.79 Å². The minimum atomic E-state index is -1.04. The van der Waals surface area contributed by atoms with Gasteiger partial charge in [0.2, 0.25) is 0 Å². The summed E-state index contributed by atoms with van der Waals surface area (Å²) in [5.41, 5.74) is 0.321. The molecular weight excluding hydrogens is 272 g/mol. The zero-order valence-corrected chi connectivity index (χ0v) is 12.7. The van der Waals surface area contributed by atoms with Gasteiger partial charge in [0.1, 0.15) is 5.69 Å². The van der Waals surface area contributed by atoms with Crippen molar-refractivity contribution < 1.29 is 19.4 Å². The second kappa shape index (κ2) is 5.44. The van der Waals surface area contributed by atoms with E-state index in [1.807, 2.05) is 20.8 Å². The van der Waals surface area contributed by atoms with Crippen molar-refractivity contribution in [1.29, 1.82) is 0 Å². The quantitative estimate of drug-likeness (QED) is 0.898. The number of hydrogen-bond acceptors (Lipinski definition) is 4. The van der Waals surface area contributed by atoms with E-state index in [-0.39, 0.29) is 23.3 Å². The number of ether oxygens (including phenoxy) is 1. The maximum Gasteiger partial charge on any atom is 0.337 e. The molecule has 0 radical (unpaired) electrons. The van der Waals surface area contributed by atoms with Gasteiger partial charge < -0.3 is 14.7 Å². The van der Waals surface area contributed by atoms with Gasteiger partial charge >= 0.3 is 5.97 Å². The van der Waals surface area contributed by atoms with Crippen molar-refractivity contribution in [2.24, 2.45) is 0 Å². The first kappa shape index (κ1) is 15.4. The van der Waals surface area contributed by atoms with Crippen molar-refractivity contribution in [3.05, 3.63) is 29.1 Å². The summed E-state index contributed by atoms with van der Waals surface area (Å²) >= 11 is 0. The highest BCUT2D eigenvalue weighted by Gasteiger charge is 2.34. The average molecular weight is 292 g/mol. The number of amides is 1. The molecule has 114 valence electrons. The number of aromatic carboxylic acids is 1. The summed E-state index contributed by atoms with van der Waals surface area (Å²) in [6.07, 6.45) is -0.0444. The summed E-state index contributed by atoms with van der Waals surface area (Å²) in [5.74, 6) is -1.24. The molecule has 0 bridgehead atoms. The third kappa shape index (κ3) is 3.39. The van der Waals surface area contributed by atoms with E-state index in [0.717, 1.165) is 0 Å². The van der Waals surface area contributed by atoms with Crippen molar-refractivity contribution >= 4 is 11.9 Å². The number of rotatable bonds is 2. The van der Waals surface area contributed by atoms with Crippen LogP contribution >= 0.6 is 0 Å². The van der Waals surface area contributed by atoms with E-state index in [2.05, 4.69) is 4.98 Å². The minimum absolute atomic E-state index is 0.0444. The molecule has 1 aromatic rings. The van der Waals surface area contributed by atoms with Gasteiger partial charge in [-0.1, -0.05) is 0 Å². The molecule has 0 aliphatic carbocycles. The molecule has 6 nitrogen and oxygen atoms in total. The summed E-state index contributed by atoms with van der Waals surface area (Å²) in [4.78, 5) is 29.3. The molecule has 1 aromatic heterocycles. The van der Waals surface area contributed by atoms with E-state index in [1.165, 1.54) is 12.1 Å². The van der Waals surface area contributed by atoms with Crippen LogP contribution in [0, 0.1) is 6.92 Å². The molecule has 0 saturated carbocycles. The van der Waals surface area contributed by atoms with Crippen molar-refractivity contribution in [2.75, 3.05) is 13.1 Å². The summed E-state index contributed by atoms with van der Waals surface area (Å²) in [6, 6.07) is 2.89. The van der Waals surface area contributed by atoms with Gasteiger partial charge in [0.25, 0.3) is 5.91 Å². The van der Waals surface area contributed by atoms with Crippen LogP contribution in [-0.2, 0) is 4.74 Å². The van der Waals surface area contributed by atoms with E-state index in [4.69, 9.17) is 9.84 Å². The number of morpholine rings is 1. The van der Waals surface area contributed by atoms with E-state index in [1.54, 1.807) is 11.8 Å². The van der Waals surface area contributed by atoms with Crippen LogP contribution in [0.3, 0.4) is 0 Å². The molecule has 1 saturated heterocycles. The highest BCUT2D eigenvalue weighted by Crippen LogP contribution is 2.22. The fourth-order valence-corrected chi connectivity index (χ4v) is 2.68. The number of aromatic nitrogens is 1. The average Bonchev–Trinajstić information content (AvgIpc) is 2.34. The first-order valence-electron chi connectivity index (χ1n) is 6.87. The van der Waals surface area contributed by atoms with E-state index < -0.39 is 11.6 Å². The van der Waals surface area contributed by atoms with Gasteiger partial charge in [-0.2, -0.15) is 0 Å². The van der Waals surface area contributed by atoms with Crippen LogP contribution in [0.2, 0.25) is 0 Å². The molecule has 6 heteroatoms. The normalized spacial score (nSPS) is 21.1. The van der Waals surface area contributed by atoms with Gasteiger partial charge in [-0.05, 0) is 39.8 Å². The van der Waals surface area contributed by atoms with Crippen LogP contribution < -0.4 is 0 Å². The lowest BCUT2D eigenvalue weighted by molar-refractivity contribution is -0.118. The number of carboxylic acids is 1. The van der Waals surface area contributed by atoms with E-state index in [0.29, 0.717) is 18.8 Å². The number of nitrogens with zero attached hydrogens (tertiary/aromatic N) is 2. The largest absolute Gasteiger partial charge is 0.478 e. The third-order valence-corrected chi connectivity index (χ3v) is 3.39. The smallest absolute Gasteiger partial charge is 0.337 e. The first-order valence-corrected chi connectivity index (χ1v) is 6.87. The molecule has 0 spiro atoms. The van der Waals surface area contributed by atoms with Gasteiger partial charge in [0, 0.05) is 13.1 Å². The first-order chi connectivity index (χ1) is 9.69. The van der Waals surface area contributed by atoms with Crippen LogP contribution in [-0.4, -0.2) is 51.7 Å². The summed E-state index contributed by atoms with van der Waals surface area (Å²) in [6.45, 7) is 8.38. The Labute approximate surface area is 123 Å². The van der Waals surface area contributed by atoms with Crippen LogP contribution in [0.5, 0.6) is 0 Å². The third-order valence-electron chi connectivity index (χ3n) is 3.39. The lowest BCUT2D eigenvalue weighted by Gasteiger charge is -2.41.